The molecule has 1 amide bonds. The van der Waals surface area contributed by atoms with E-state index < -0.39 is 5.91 Å². The largest absolute Gasteiger partial charge is 0.366 e. The van der Waals surface area contributed by atoms with Crippen molar-refractivity contribution in [3.63, 3.8) is 0 Å². The number of nitrogens with zero attached hydrogens (tertiary/aromatic N) is 1. The lowest BCUT2D eigenvalue weighted by atomic mass is 9.97. The van der Waals surface area contributed by atoms with Gasteiger partial charge in [0.2, 0.25) is 5.91 Å². The van der Waals surface area contributed by atoms with Gasteiger partial charge in [-0.25, -0.2) is 4.98 Å². The Morgan fingerprint density at radius 3 is 2.67 bits per heavy atom. The molecule has 0 saturated heterocycles. The van der Waals surface area contributed by atoms with Crippen molar-refractivity contribution in [1.29, 1.82) is 0 Å². The molecule has 2 N–H and O–H groups in total. The molecule has 104 valence electrons. The van der Waals surface area contributed by atoms with Crippen molar-refractivity contribution in [2.24, 2.45) is 5.73 Å². The Labute approximate surface area is 131 Å². The molecule has 0 aliphatic carbocycles. The van der Waals surface area contributed by atoms with Crippen LogP contribution in [0.1, 0.15) is 10.4 Å². The smallest absolute Gasteiger partial charge is 0.249 e. The summed E-state index contributed by atoms with van der Waals surface area (Å²) in [5.41, 5.74) is 8.37. The maximum atomic E-state index is 11.6. The second kappa shape index (κ2) is 5.68. The van der Waals surface area contributed by atoms with E-state index in [-0.39, 0.29) is 0 Å². The zero-order valence-electron chi connectivity index (χ0n) is 10.9. The van der Waals surface area contributed by atoms with Crippen LogP contribution in [0.2, 0.25) is 5.02 Å². The number of carbonyl (C=O) groups is 1. The number of nitrogens with two attached hydrogens (primary N) is 1. The monoisotopic (exact) mass is 314 g/mol. The van der Waals surface area contributed by atoms with Crippen LogP contribution in [0.5, 0.6) is 0 Å². The predicted molar refractivity (Wildman–Crippen MR) is 86.5 cm³/mol. The number of primary amides is 1. The van der Waals surface area contributed by atoms with E-state index in [9.17, 15) is 4.79 Å². The number of thiazole rings is 1. The molecule has 0 saturated carbocycles. The summed E-state index contributed by atoms with van der Waals surface area (Å²) in [6.07, 6.45) is 1.76. The maximum absolute atomic E-state index is 11.6. The van der Waals surface area contributed by atoms with Gasteiger partial charge in [0.15, 0.2) is 0 Å². The Morgan fingerprint density at radius 1 is 1.14 bits per heavy atom. The Morgan fingerprint density at radius 2 is 1.95 bits per heavy atom. The van der Waals surface area contributed by atoms with Gasteiger partial charge in [0.05, 0.1) is 0 Å². The van der Waals surface area contributed by atoms with Gasteiger partial charge in [-0.05, 0) is 23.8 Å². The summed E-state index contributed by atoms with van der Waals surface area (Å²) in [4.78, 5) is 15.9. The minimum atomic E-state index is -0.471. The normalized spacial score (nSPS) is 10.5. The Bertz CT molecular complexity index is 800. The molecule has 3 aromatic rings. The molecule has 1 aromatic heterocycles. The highest BCUT2D eigenvalue weighted by molar-refractivity contribution is 7.13. The van der Waals surface area contributed by atoms with Gasteiger partial charge in [0.25, 0.3) is 0 Å². The number of rotatable bonds is 3. The molecule has 0 radical (unpaired) electrons. The summed E-state index contributed by atoms with van der Waals surface area (Å²) < 4.78 is 0. The average molecular weight is 315 g/mol. The fraction of sp³-hybridized carbons (Fsp3) is 0. The third-order valence-corrected chi connectivity index (χ3v) is 4.28. The van der Waals surface area contributed by atoms with Crippen LogP contribution < -0.4 is 5.73 Å². The van der Waals surface area contributed by atoms with Crippen LogP contribution in [0, 0.1) is 0 Å². The van der Waals surface area contributed by atoms with Crippen LogP contribution >= 0.6 is 22.9 Å². The van der Waals surface area contributed by atoms with Gasteiger partial charge < -0.3 is 5.73 Å². The van der Waals surface area contributed by atoms with E-state index in [4.69, 9.17) is 17.3 Å². The molecular weight excluding hydrogens is 304 g/mol. The molecule has 1 heterocycles. The van der Waals surface area contributed by atoms with Gasteiger partial charge in [0.1, 0.15) is 5.01 Å². The van der Waals surface area contributed by atoms with Crippen molar-refractivity contribution >= 4 is 28.8 Å². The molecule has 0 unspecified atom stereocenters. The first kappa shape index (κ1) is 13.8. The van der Waals surface area contributed by atoms with E-state index in [2.05, 4.69) is 4.98 Å². The fourth-order valence-electron chi connectivity index (χ4n) is 2.16. The fourth-order valence-corrected chi connectivity index (χ4v) is 3.02. The second-order valence-electron chi connectivity index (χ2n) is 4.44. The molecule has 0 fully saturated rings. The quantitative estimate of drug-likeness (QED) is 0.786. The van der Waals surface area contributed by atoms with Crippen LogP contribution in [0.25, 0.3) is 21.7 Å². The van der Waals surface area contributed by atoms with Gasteiger partial charge >= 0.3 is 0 Å². The van der Waals surface area contributed by atoms with Crippen LogP contribution in [0.4, 0.5) is 0 Å². The Hall–Kier alpha value is -2.17. The standard InChI is InChI=1S/C16H11ClN2OS/c17-14-6-5-10(16-19-7-8-21-16)9-13(14)11-3-1-2-4-12(11)15(18)20/h1-9H,(H2,18,20). The third kappa shape index (κ3) is 2.68. The third-order valence-electron chi connectivity index (χ3n) is 3.13. The minimum Gasteiger partial charge on any atom is -0.366 e. The average Bonchev–Trinajstić information content (AvgIpc) is 3.02. The van der Waals surface area contributed by atoms with E-state index in [1.54, 1.807) is 29.7 Å². The number of hydrogen-bond donors (Lipinski definition) is 1. The van der Waals surface area contributed by atoms with Crippen LogP contribution in [0.15, 0.2) is 54.0 Å². The first-order valence-corrected chi connectivity index (χ1v) is 7.51. The first-order valence-electron chi connectivity index (χ1n) is 6.25. The van der Waals surface area contributed by atoms with E-state index >= 15 is 0 Å². The molecule has 0 aliphatic rings. The molecule has 0 spiro atoms. The zero-order chi connectivity index (χ0) is 14.8. The summed E-state index contributed by atoms with van der Waals surface area (Å²) in [7, 11) is 0. The van der Waals surface area contributed by atoms with E-state index in [1.165, 1.54) is 0 Å². The summed E-state index contributed by atoms with van der Waals surface area (Å²) >= 11 is 7.85. The number of amides is 1. The second-order valence-corrected chi connectivity index (χ2v) is 5.74. The number of halogens is 1. The van der Waals surface area contributed by atoms with Crippen molar-refractivity contribution in [2.75, 3.05) is 0 Å². The highest BCUT2D eigenvalue weighted by Gasteiger charge is 2.13. The lowest BCUT2D eigenvalue weighted by Gasteiger charge is -2.10. The van der Waals surface area contributed by atoms with E-state index in [0.717, 1.165) is 21.7 Å². The van der Waals surface area contributed by atoms with Crippen molar-refractivity contribution < 1.29 is 4.79 Å². The number of hydrogen-bond acceptors (Lipinski definition) is 3. The van der Waals surface area contributed by atoms with Crippen molar-refractivity contribution in [3.05, 3.63) is 64.6 Å². The first-order chi connectivity index (χ1) is 10.2. The topological polar surface area (TPSA) is 56.0 Å². The highest BCUT2D eigenvalue weighted by Crippen LogP contribution is 2.34. The van der Waals surface area contributed by atoms with Gasteiger partial charge in [-0.3, -0.25) is 4.79 Å². The van der Waals surface area contributed by atoms with E-state index in [0.29, 0.717) is 10.6 Å². The Kier molecular flexibility index (Phi) is 3.73. The van der Waals surface area contributed by atoms with E-state index in [1.807, 2.05) is 35.7 Å². The van der Waals surface area contributed by atoms with Gasteiger partial charge in [-0.1, -0.05) is 35.9 Å². The summed E-state index contributed by atoms with van der Waals surface area (Å²) in [5.74, 6) is -0.471. The molecule has 0 aliphatic heterocycles. The molecule has 5 heteroatoms. The van der Waals surface area contributed by atoms with Crippen molar-refractivity contribution in [3.8, 4) is 21.7 Å². The van der Waals surface area contributed by atoms with Gasteiger partial charge in [0, 0.05) is 33.3 Å². The lowest BCUT2D eigenvalue weighted by Crippen LogP contribution is -2.12. The highest BCUT2D eigenvalue weighted by atomic mass is 35.5. The number of aromatic nitrogens is 1. The maximum Gasteiger partial charge on any atom is 0.249 e. The van der Waals surface area contributed by atoms with Crippen LogP contribution in [-0.4, -0.2) is 10.9 Å². The van der Waals surface area contributed by atoms with Gasteiger partial charge in [-0.15, -0.1) is 11.3 Å². The summed E-state index contributed by atoms with van der Waals surface area (Å²) in [6, 6.07) is 12.8. The summed E-state index contributed by atoms with van der Waals surface area (Å²) in [6.45, 7) is 0. The molecule has 3 nitrogen and oxygen atoms in total. The lowest BCUT2D eigenvalue weighted by molar-refractivity contribution is 0.100. The molecular formula is C16H11ClN2OS. The molecule has 3 rings (SSSR count). The predicted octanol–water partition coefficient (Wildman–Crippen LogP) is 4.23. The van der Waals surface area contributed by atoms with Crippen LogP contribution in [-0.2, 0) is 0 Å². The van der Waals surface area contributed by atoms with Crippen molar-refractivity contribution in [1.82, 2.24) is 4.98 Å². The van der Waals surface area contributed by atoms with Gasteiger partial charge in [-0.2, -0.15) is 0 Å². The Balaban J connectivity index is 2.19. The zero-order valence-corrected chi connectivity index (χ0v) is 12.5. The molecule has 2 aromatic carbocycles. The van der Waals surface area contributed by atoms with Crippen molar-refractivity contribution in [2.45, 2.75) is 0 Å². The van der Waals surface area contributed by atoms with Crippen LogP contribution in [0.3, 0.4) is 0 Å². The molecule has 21 heavy (non-hydrogen) atoms. The minimum absolute atomic E-state index is 0.454. The molecule has 0 bridgehead atoms. The SMILES string of the molecule is NC(=O)c1ccccc1-c1cc(-c2nccs2)ccc1Cl. The summed E-state index contributed by atoms with van der Waals surface area (Å²) in [5, 5.41) is 3.40. The number of carbonyl (C=O) groups excluding carboxylic acids is 1. The molecule has 0 atom stereocenters. The number of benzene rings is 2.